The van der Waals surface area contributed by atoms with Gasteiger partial charge in [-0.3, -0.25) is 19.6 Å². The van der Waals surface area contributed by atoms with Gasteiger partial charge in [0, 0.05) is 32.0 Å². The van der Waals surface area contributed by atoms with E-state index >= 15 is 0 Å². The second-order valence-electron chi connectivity index (χ2n) is 7.87. The van der Waals surface area contributed by atoms with Gasteiger partial charge in [0.25, 0.3) is 5.91 Å². The lowest BCUT2D eigenvalue weighted by Crippen LogP contribution is -2.38. The largest absolute Gasteiger partial charge is 0.433 e. The number of carbonyl (C=O) groups is 2. The van der Waals surface area contributed by atoms with Crippen molar-refractivity contribution in [1.82, 2.24) is 24.6 Å². The highest BCUT2D eigenvalue weighted by molar-refractivity contribution is 6.32. The molecule has 1 fully saturated rings. The fraction of sp³-hybridized carbons (Fsp3) is 0.261. The van der Waals surface area contributed by atoms with E-state index in [1.807, 2.05) is 0 Å². The molecule has 8 nitrogen and oxygen atoms in total. The highest BCUT2D eigenvalue weighted by Crippen LogP contribution is 2.30. The molecule has 0 spiro atoms. The van der Waals surface area contributed by atoms with Crippen molar-refractivity contribution in [1.29, 1.82) is 0 Å². The van der Waals surface area contributed by atoms with Gasteiger partial charge in [-0.2, -0.15) is 18.3 Å². The summed E-state index contributed by atoms with van der Waals surface area (Å²) in [5.74, 6) is -1.28. The Bertz CT molecular complexity index is 1230. The number of hydrogen-bond acceptors (Lipinski definition) is 5. The van der Waals surface area contributed by atoms with Crippen molar-refractivity contribution in [2.75, 3.05) is 24.5 Å². The predicted molar refractivity (Wildman–Crippen MR) is 122 cm³/mol. The van der Waals surface area contributed by atoms with Crippen molar-refractivity contribution in [2.45, 2.75) is 12.6 Å². The molecule has 35 heavy (non-hydrogen) atoms. The number of likely N-dealkylation sites (tertiary alicyclic amines) is 1. The van der Waals surface area contributed by atoms with Gasteiger partial charge in [0.05, 0.1) is 29.6 Å². The summed E-state index contributed by atoms with van der Waals surface area (Å²) in [4.78, 5) is 36.4. The molecular formula is C23H20ClF3N6O2. The number of anilines is 1. The van der Waals surface area contributed by atoms with E-state index in [9.17, 15) is 22.8 Å². The average Bonchev–Trinajstić information content (AvgIpc) is 3.49. The first-order valence-electron chi connectivity index (χ1n) is 10.6. The van der Waals surface area contributed by atoms with Crippen LogP contribution in [0.4, 0.5) is 18.9 Å². The first-order valence-corrected chi connectivity index (χ1v) is 11.0. The summed E-state index contributed by atoms with van der Waals surface area (Å²) in [7, 11) is 0. The molecule has 3 aromatic heterocycles. The first-order chi connectivity index (χ1) is 16.7. The van der Waals surface area contributed by atoms with E-state index in [1.54, 1.807) is 36.8 Å². The zero-order chi connectivity index (χ0) is 25.2. The molecule has 12 heteroatoms. The number of halogens is 4. The fourth-order valence-electron chi connectivity index (χ4n) is 3.82. The second kappa shape index (κ2) is 9.87. The Hall–Kier alpha value is -3.73. The summed E-state index contributed by atoms with van der Waals surface area (Å²) < 4.78 is 39.7. The van der Waals surface area contributed by atoms with Crippen molar-refractivity contribution in [3.63, 3.8) is 0 Å². The maximum Gasteiger partial charge on any atom is 0.433 e. The van der Waals surface area contributed by atoms with Crippen LogP contribution < -0.4 is 4.90 Å². The number of nitrogens with zero attached hydrogens (tertiary/aromatic N) is 6. The van der Waals surface area contributed by atoms with Crippen LogP contribution in [-0.4, -0.2) is 56.1 Å². The standard InChI is InChI=1S/C23H20ClF3N6O2/c1-2-9-32(18-14-33(30-20(18)24)17-4-3-8-28-12-17)22(35)16-7-10-31(13-16)21(34)15-5-6-19(29-11-15)23(25,26)27/h2-6,8,11-12,14,16H,1,7,9-10,13H2. The number of pyridine rings is 2. The normalized spacial score (nSPS) is 15.8. The molecule has 0 aromatic carbocycles. The molecule has 1 unspecified atom stereocenters. The Labute approximate surface area is 203 Å². The Morgan fingerprint density at radius 2 is 2.06 bits per heavy atom. The minimum atomic E-state index is -4.59. The third-order valence-corrected chi connectivity index (χ3v) is 5.83. The van der Waals surface area contributed by atoms with E-state index in [1.165, 1.54) is 14.5 Å². The number of rotatable bonds is 6. The molecule has 0 radical (unpaired) electrons. The smallest absolute Gasteiger partial charge is 0.338 e. The van der Waals surface area contributed by atoms with Gasteiger partial charge in [-0.05, 0) is 30.7 Å². The van der Waals surface area contributed by atoms with Crippen LogP contribution in [0.5, 0.6) is 0 Å². The highest BCUT2D eigenvalue weighted by atomic mass is 35.5. The van der Waals surface area contributed by atoms with Gasteiger partial charge < -0.3 is 9.80 Å². The Kier molecular flexibility index (Phi) is 6.88. The summed E-state index contributed by atoms with van der Waals surface area (Å²) >= 11 is 6.35. The summed E-state index contributed by atoms with van der Waals surface area (Å²) in [5, 5.41) is 4.38. The van der Waals surface area contributed by atoms with Gasteiger partial charge >= 0.3 is 6.18 Å². The molecule has 4 rings (SSSR count). The zero-order valence-corrected chi connectivity index (χ0v) is 19.1. The molecule has 0 saturated carbocycles. The second-order valence-corrected chi connectivity index (χ2v) is 8.22. The third-order valence-electron chi connectivity index (χ3n) is 5.56. The molecule has 1 aliphatic heterocycles. The molecule has 1 atom stereocenters. The Morgan fingerprint density at radius 3 is 2.69 bits per heavy atom. The number of amides is 2. The monoisotopic (exact) mass is 504 g/mol. The van der Waals surface area contributed by atoms with Crippen LogP contribution in [0.3, 0.4) is 0 Å². The van der Waals surface area contributed by atoms with Crippen molar-refractivity contribution in [2.24, 2.45) is 5.92 Å². The van der Waals surface area contributed by atoms with Crippen LogP contribution in [0.1, 0.15) is 22.5 Å². The molecule has 1 aliphatic rings. The van der Waals surface area contributed by atoms with E-state index in [0.717, 1.165) is 18.3 Å². The van der Waals surface area contributed by atoms with Gasteiger partial charge in [0.1, 0.15) is 11.4 Å². The molecule has 1 saturated heterocycles. The maximum atomic E-state index is 13.4. The molecule has 0 aliphatic carbocycles. The van der Waals surface area contributed by atoms with E-state index in [4.69, 9.17) is 11.6 Å². The van der Waals surface area contributed by atoms with Gasteiger partial charge in [0.2, 0.25) is 5.91 Å². The third kappa shape index (κ3) is 5.19. The number of carbonyl (C=O) groups excluding carboxylic acids is 2. The topological polar surface area (TPSA) is 84.2 Å². The quantitative estimate of drug-likeness (QED) is 0.473. The number of hydrogen-bond donors (Lipinski definition) is 0. The molecule has 182 valence electrons. The van der Waals surface area contributed by atoms with Crippen molar-refractivity contribution < 1.29 is 22.8 Å². The number of alkyl halides is 3. The van der Waals surface area contributed by atoms with Crippen molar-refractivity contribution in [3.8, 4) is 5.69 Å². The lowest BCUT2D eigenvalue weighted by Gasteiger charge is -2.23. The maximum absolute atomic E-state index is 13.4. The summed E-state index contributed by atoms with van der Waals surface area (Å²) in [6.45, 7) is 4.27. The summed E-state index contributed by atoms with van der Waals surface area (Å²) in [6, 6.07) is 5.38. The predicted octanol–water partition coefficient (Wildman–Crippen LogP) is 4.02. The summed E-state index contributed by atoms with van der Waals surface area (Å²) in [5.41, 5.74) is -0.00582. The Balaban J connectivity index is 1.49. The van der Waals surface area contributed by atoms with E-state index in [0.29, 0.717) is 17.8 Å². The first kappa shape index (κ1) is 24.4. The minimum Gasteiger partial charge on any atom is -0.338 e. The van der Waals surface area contributed by atoms with Crippen LogP contribution in [-0.2, 0) is 11.0 Å². The molecule has 3 aromatic rings. The SMILES string of the molecule is C=CCN(C(=O)C1CCN(C(=O)c2ccc(C(F)(F)F)nc2)C1)c1cn(-c2cccnc2)nc1Cl. The highest BCUT2D eigenvalue weighted by Gasteiger charge is 2.36. The lowest BCUT2D eigenvalue weighted by atomic mass is 10.1. The van der Waals surface area contributed by atoms with Crippen molar-refractivity contribution in [3.05, 3.63) is 78.1 Å². The van der Waals surface area contributed by atoms with Crippen LogP contribution in [0.15, 0.2) is 61.7 Å². The zero-order valence-electron chi connectivity index (χ0n) is 18.3. The van der Waals surface area contributed by atoms with Crippen molar-refractivity contribution >= 4 is 29.1 Å². The minimum absolute atomic E-state index is 0.0230. The van der Waals surface area contributed by atoms with Gasteiger partial charge in [-0.1, -0.05) is 17.7 Å². The molecule has 0 N–H and O–H groups in total. The van der Waals surface area contributed by atoms with Crippen LogP contribution in [0.25, 0.3) is 5.69 Å². The van der Waals surface area contributed by atoms with E-state index < -0.39 is 23.7 Å². The van der Waals surface area contributed by atoms with Gasteiger partial charge in [-0.15, -0.1) is 6.58 Å². The average molecular weight is 505 g/mol. The molecule has 4 heterocycles. The van der Waals surface area contributed by atoms with E-state index in [2.05, 4.69) is 21.6 Å². The summed E-state index contributed by atoms with van der Waals surface area (Å²) in [6.07, 6.45) is 3.10. The molecule has 2 amide bonds. The molecular weight excluding hydrogens is 485 g/mol. The fourth-order valence-corrected chi connectivity index (χ4v) is 4.05. The number of aromatic nitrogens is 4. The van der Waals surface area contributed by atoms with Gasteiger partial charge in [0.15, 0.2) is 5.15 Å². The molecule has 0 bridgehead atoms. The Morgan fingerprint density at radius 1 is 1.26 bits per heavy atom. The lowest BCUT2D eigenvalue weighted by molar-refractivity contribution is -0.141. The van der Waals surface area contributed by atoms with E-state index in [-0.39, 0.29) is 36.3 Å². The van der Waals surface area contributed by atoms with Crippen LogP contribution in [0.2, 0.25) is 5.15 Å². The van der Waals surface area contributed by atoms with Crippen LogP contribution in [0, 0.1) is 5.92 Å². The van der Waals surface area contributed by atoms with Gasteiger partial charge in [-0.25, -0.2) is 4.68 Å². The van der Waals surface area contributed by atoms with Crippen LogP contribution >= 0.6 is 11.6 Å².